The third kappa shape index (κ3) is 6.02. The molecular formula is C18H26N4S. The van der Waals surface area contributed by atoms with Gasteiger partial charge in [0.2, 0.25) is 0 Å². The van der Waals surface area contributed by atoms with Crippen LogP contribution in [0.4, 0.5) is 0 Å². The van der Waals surface area contributed by atoms with Gasteiger partial charge in [0.1, 0.15) is 0 Å². The molecule has 2 aromatic rings. The Labute approximate surface area is 144 Å². The summed E-state index contributed by atoms with van der Waals surface area (Å²) in [5.41, 5.74) is 2.56. The first-order valence-corrected chi connectivity index (χ1v) is 8.52. The molecule has 124 valence electrons. The van der Waals surface area contributed by atoms with Crippen molar-refractivity contribution in [3.63, 3.8) is 0 Å². The number of nitrogens with one attached hydrogen (secondary N) is 1. The summed E-state index contributed by atoms with van der Waals surface area (Å²) in [6.07, 6.45) is 6.70. The number of imidazole rings is 1. The average Bonchev–Trinajstić information content (AvgIpc) is 3.01. The number of hydrogen-bond donors (Lipinski definition) is 1. The van der Waals surface area contributed by atoms with E-state index in [1.807, 2.05) is 18.7 Å². The Bertz CT molecular complexity index is 590. The number of nitrogens with zero attached hydrogens (tertiary/aromatic N) is 3. The van der Waals surface area contributed by atoms with Gasteiger partial charge in [-0.15, -0.1) is 0 Å². The molecule has 0 aliphatic heterocycles. The molecule has 5 heteroatoms. The first-order valence-electron chi connectivity index (χ1n) is 8.11. The summed E-state index contributed by atoms with van der Waals surface area (Å²) in [5, 5.41) is 4.18. The summed E-state index contributed by atoms with van der Waals surface area (Å²) in [6.45, 7) is 9.05. The summed E-state index contributed by atoms with van der Waals surface area (Å²) < 4.78 is 2.10. The van der Waals surface area contributed by atoms with E-state index in [9.17, 15) is 0 Å². The van der Waals surface area contributed by atoms with Gasteiger partial charge in [-0.25, -0.2) is 4.98 Å². The number of aromatic nitrogens is 2. The van der Waals surface area contributed by atoms with Crippen LogP contribution in [0.15, 0.2) is 43.0 Å². The molecule has 23 heavy (non-hydrogen) atoms. The van der Waals surface area contributed by atoms with Crippen molar-refractivity contribution in [1.82, 2.24) is 19.8 Å². The highest BCUT2D eigenvalue weighted by Crippen LogP contribution is 2.09. The fraction of sp³-hybridized carbons (Fsp3) is 0.444. The molecule has 0 amide bonds. The van der Waals surface area contributed by atoms with Gasteiger partial charge in [-0.1, -0.05) is 29.8 Å². The van der Waals surface area contributed by atoms with Gasteiger partial charge < -0.3 is 14.8 Å². The van der Waals surface area contributed by atoms with E-state index in [4.69, 9.17) is 12.2 Å². The van der Waals surface area contributed by atoms with Crippen LogP contribution in [-0.2, 0) is 13.1 Å². The Kier molecular flexibility index (Phi) is 6.59. The Morgan fingerprint density at radius 2 is 2.04 bits per heavy atom. The highest BCUT2D eigenvalue weighted by atomic mass is 32.1. The first kappa shape index (κ1) is 17.5. The smallest absolute Gasteiger partial charge is 0.169 e. The molecule has 0 unspecified atom stereocenters. The average molecular weight is 331 g/mol. The van der Waals surface area contributed by atoms with Crippen LogP contribution < -0.4 is 5.32 Å². The summed E-state index contributed by atoms with van der Waals surface area (Å²) in [6, 6.07) is 9.00. The zero-order valence-electron chi connectivity index (χ0n) is 14.2. The topological polar surface area (TPSA) is 33.1 Å². The van der Waals surface area contributed by atoms with Crippen molar-refractivity contribution in [2.75, 3.05) is 6.54 Å². The van der Waals surface area contributed by atoms with Gasteiger partial charge in [0.05, 0.1) is 6.33 Å². The highest BCUT2D eigenvalue weighted by molar-refractivity contribution is 7.80. The molecule has 4 nitrogen and oxygen atoms in total. The molecule has 0 aliphatic rings. The van der Waals surface area contributed by atoms with E-state index < -0.39 is 0 Å². The minimum absolute atomic E-state index is 0.344. The normalized spacial score (nSPS) is 10.8. The second kappa shape index (κ2) is 8.67. The van der Waals surface area contributed by atoms with Crippen LogP contribution in [0.3, 0.4) is 0 Å². The lowest BCUT2D eigenvalue weighted by molar-refractivity contribution is 0.381. The third-order valence-corrected chi connectivity index (χ3v) is 3.97. The van der Waals surface area contributed by atoms with Crippen molar-refractivity contribution in [2.24, 2.45) is 0 Å². The minimum Gasteiger partial charge on any atom is -0.360 e. The van der Waals surface area contributed by atoms with Crippen LogP contribution in [0, 0.1) is 6.92 Å². The molecule has 0 aliphatic carbocycles. The van der Waals surface area contributed by atoms with Gasteiger partial charge >= 0.3 is 0 Å². The Morgan fingerprint density at radius 1 is 1.30 bits per heavy atom. The number of benzene rings is 1. The minimum atomic E-state index is 0.344. The lowest BCUT2D eigenvalue weighted by atomic mass is 10.1. The predicted molar refractivity (Wildman–Crippen MR) is 99.3 cm³/mol. The second-order valence-electron chi connectivity index (χ2n) is 6.17. The standard InChI is InChI=1S/C18H26N4S/c1-15(2)20-18(23)22(11-4-10-21-12-9-19-14-21)13-17-7-5-16(3)6-8-17/h5-9,12,14-15H,4,10-11,13H2,1-3H3,(H,20,23). The predicted octanol–water partition coefficient (Wildman–Crippen LogP) is 3.37. The van der Waals surface area contributed by atoms with E-state index >= 15 is 0 Å². The first-order chi connectivity index (χ1) is 11.0. The maximum absolute atomic E-state index is 5.59. The van der Waals surface area contributed by atoms with E-state index in [2.05, 4.69) is 64.8 Å². The molecule has 2 rings (SSSR count). The van der Waals surface area contributed by atoms with E-state index in [-0.39, 0.29) is 0 Å². The summed E-state index contributed by atoms with van der Waals surface area (Å²) >= 11 is 5.59. The summed E-state index contributed by atoms with van der Waals surface area (Å²) in [5.74, 6) is 0. The maximum atomic E-state index is 5.59. The van der Waals surface area contributed by atoms with Crippen molar-refractivity contribution in [3.8, 4) is 0 Å². The van der Waals surface area contributed by atoms with Crippen molar-refractivity contribution in [1.29, 1.82) is 0 Å². The number of aryl methyl sites for hydroxylation is 2. The van der Waals surface area contributed by atoms with Gasteiger partial charge in [-0.05, 0) is 45.0 Å². The van der Waals surface area contributed by atoms with Crippen molar-refractivity contribution in [2.45, 2.75) is 46.3 Å². The quantitative estimate of drug-likeness (QED) is 0.789. The molecule has 1 N–H and O–H groups in total. The molecule has 1 heterocycles. The van der Waals surface area contributed by atoms with Crippen molar-refractivity contribution < 1.29 is 0 Å². The zero-order chi connectivity index (χ0) is 16.7. The Hall–Kier alpha value is -1.88. The summed E-state index contributed by atoms with van der Waals surface area (Å²) in [7, 11) is 0. The van der Waals surface area contributed by atoms with Gasteiger partial charge in [0.15, 0.2) is 5.11 Å². The monoisotopic (exact) mass is 330 g/mol. The molecule has 0 fully saturated rings. The van der Waals surface area contributed by atoms with Crippen molar-refractivity contribution in [3.05, 3.63) is 54.1 Å². The number of rotatable bonds is 7. The van der Waals surface area contributed by atoms with Gasteiger partial charge in [0, 0.05) is 38.1 Å². The second-order valence-corrected chi connectivity index (χ2v) is 6.55. The lowest BCUT2D eigenvalue weighted by Gasteiger charge is -2.27. The number of hydrogen-bond acceptors (Lipinski definition) is 2. The molecule has 1 aromatic carbocycles. The zero-order valence-corrected chi connectivity index (χ0v) is 15.0. The number of thiocarbonyl (C=S) groups is 1. The molecule has 1 aromatic heterocycles. The van der Waals surface area contributed by atoms with Crippen molar-refractivity contribution >= 4 is 17.3 Å². The van der Waals surface area contributed by atoms with Crippen LogP contribution >= 0.6 is 12.2 Å². The van der Waals surface area contributed by atoms with E-state index in [1.165, 1.54) is 11.1 Å². The molecule has 0 atom stereocenters. The highest BCUT2D eigenvalue weighted by Gasteiger charge is 2.11. The van der Waals surface area contributed by atoms with Crippen LogP contribution in [0.25, 0.3) is 0 Å². The largest absolute Gasteiger partial charge is 0.360 e. The molecule has 0 saturated carbocycles. The molecule has 0 bridgehead atoms. The van der Waals surface area contributed by atoms with E-state index in [0.29, 0.717) is 6.04 Å². The molecule has 0 radical (unpaired) electrons. The van der Waals surface area contributed by atoms with Crippen LogP contribution in [0.1, 0.15) is 31.4 Å². The Morgan fingerprint density at radius 3 is 2.65 bits per heavy atom. The lowest BCUT2D eigenvalue weighted by Crippen LogP contribution is -2.43. The summed E-state index contributed by atoms with van der Waals surface area (Å²) in [4.78, 5) is 6.33. The van der Waals surface area contributed by atoms with Gasteiger partial charge in [-0.2, -0.15) is 0 Å². The fourth-order valence-electron chi connectivity index (χ4n) is 2.37. The van der Waals surface area contributed by atoms with Crippen LogP contribution in [0.2, 0.25) is 0 Å². The molecule has 0 spiro atoms. The SMILES string of the molecule is Cc1ccc(CN(CCCn2ccnc2)C(=S)NC(C)C)cc1. The third-order valence-electron chi connectivity index (χ3n) is 3.60. The Balaban J connectivity index is 1.95. The van der Waals surface area contributed by atoms with E-state index in [1.54, 1.807) is 0 Å². The fourth-order valence-corrected chi connectivity index (χ4v) is 2.76. The maximum Gasteiger partial charge on any atom is 0.169 e. The van der Waals surface area contributed by atoms with Gasteiger partial charge in [0.25, 0.3) is 0 Å². The van der Waals surface area contributed by atoms with E-state index in [0.717, 1.165) is 31.2 Å². The van der Waals surface area contributed by atoms with Gasteiger partial charge in [-0.3, -0.25) is 0 Å². The van der Waals surface area contributed by atoms with Crippen LogP contribution in [0.5, 0.6) is 0 Å². The van der Waals surface area contributed by atoms with Crippen LogP contribution in [-0.4, -0.2) is 32.2 Å². The molecule has 0 saturated heterocycles. The molecular weight excluding hydrogens is 304 g/mol.